The minimum atomic E-state index is -2.54. The largest absolute Gasteiger partial charge is 0.369 e. The lowest BCUT2D eigenvalue weighted by atomic mass is 9.88. The molecule has 2 atom stereocenters. The highest BCUT2D eigenvalue weighted by Gasteiger charge is 2.82. The molecule has 0 saturated heterocycles. The van der Waals surface area contributed by atoms with Gasteiger partial charge < -0.3 is 11.1 Å². The van der Waals surface area contributed by atoms with Crippen LogP contribution in [0.25, 0.3) is 0 Å². The summed E-state index contributed by atoms with van der Waals surface area (Å²) in [7, 11) is 0. The fraction of sp³-hybridized carbons (Fsp3) is 0.130. The Morgan fingerprint density at radius 1 is 0.838 bits per heavy atom. The molecular weight excluding hydrogens is 576 g/mol. The first-order valence-electron chi connectivity index (χ1n) is 9.93. The highest BCUT2D eigenvalue weighted by molar-refractivity contribution is 6.55. The maximum Gasteiger partial charge on any atom is 0.257 e. The summed E-state index contributed by atoms with van der Waals surface area (Å²) in [6.07, 6.45) is 0. The Balaban J connectivity index is 1.85. The molecule has 2 unspecified atom stereocenters. The third-order valence-electron chi connectivity index (χ3n) is 6.00. The van der Waals surface area contributed by atoms with E-state index in [1.165, 1.54) is 0 Å². The molecule has 0 heterocycles. The van der Waals surface area contributed by atoms with Gasteiger partial charge >= 0.3 is 0 Å². The number of alkyl halides is 2. The van der Waals surface area contributed by atoms with Crippen molar-refractivity contribution in [1.82, 2.24) is 0 Å². The van der Waals surface area contributed by atoms with E-state index in [-0.39, 0.29) is 10.6 Å². The number of nitrogens with two attached hydrogens (primary N) is 1. The lowest BCUT2D eigenvalue weighted by molar-refractivity contribution is -0.120. The molecule has 4 nitrogen and oxygen atoms in total. The van der Waals surface area contributed by atoms with Crippen LogP contribution in [0.3, 0.4) is 0 Å². The first-order valence-corrected chi connectivity index (χ1v) is 11.1. The molecule has 1 fully saturated rings. The summed E-state index contributed by atoms with van der Waals surface area (Å²) in [4.78, 5) is 25.4. The zero-order valence-electron chi connectivity index (χ0n) is 17.7. The molecule has 1 aliphatic carbocycles. The zero-order valence-corrected chi connectivity index (χ0v) is 20.0. The monoisotopic (exact) mass is 584 g/mol. The lowest BCUT2D eigenvalue weighted by Gasteiger charge is -2.18. The van der Waals surface area contributed by atoms with Crippen molar-refractivity contribution in [1.29, 1.82) is 0 Å². The molecule has 194 valence electrons. The Hall–Kier alpha value is -3.02. The Bertz CT molecular complexity index is 1470. The van der Waals surface area contributed by atoms with E-state index in [4.69, 9.17) is 40.5 Å². The van der Waals surface area contributed by atoms with Gasteiger partial charge in [-0.3, -0.25) is 9.59 Å². The number of amides is 2. The number of primary amides is 1. The van der Waals surface area contributed by atoms with Crippen molar-refractivity contribution >= 4 is 52.3 Å². The Kier molecular flexibility index (Phi) is 6.63. The van der Waals surface area contributed by atoms with Crippen LogP contribution in [0.4, 0.5) is 36.4 Å². The maximum absolute atomic E-state index is 14.6. The predicted molar refractivity (Wildman–Crippen MR) is 120 cm³/mol. The van der Waals surface area contributed by atoms with Crippen LogP contribution in [-0.4, -0.2) is 16.1 Å². The number of carbonyl (C=O) groups excluding carboxylic acids is 2. The van der Waals surface area contributed by atoms with Gasteiger partial charge in [0.05, 0.1) is 16.3 Å². The van der Waals surface area contributed by atoms with E-state index in [2.05, 4.69) is 5.32 Å². The van der Waals surface area contributed by atoms with Crippen LogP contribution in [0.1, 0.15) is 27.4 Å². The summed E-state index contributed by atoms with van der Waals surface area (Å²) in [5.41, 5.74) is 0.214. The second-order valence-electron chi connectivity index (χ2n) is 7.98. The minimum absolute atomic E-state index is 0.272. The molecular formula is C23H10Cl3F7N2O2. The average molecular weight is 586 g/mol. The fourth-order valence-corrected chi connectivity index (χ4v) is 5.47. The maximum atomic E-state index is 14.6. The van der Waals surface area contributed by atoms with Gasteiger partial charge in [0, 0.05) is 17.5 Å². The smallest absolute Gasteiger partial charge is 0.257 e. The van der Waals surface area contributed by atoms with E-state index < -0.39 is 85.0 Å². The van der Waals surface area contributed by atoms with Crippen molar-refractivity contribution in [3.63, 3.8) is 0 Å². The molecule has 37 heavy (non-hydrogen) atoms. The van der Waals surface area contributed by atoms with E-state index in [1.807, 2.05) is 0 Å². The molecule has 3 N–H and O–H groups in total. The fourth-order valence-electron chi connectivity index (χ4n) is 4.21. The Morgan fingerprint density at radius 3 is 1.95 bits per heavy atom. The van der Waals surface area contributed by atoms with Crippen LogP contribution in [0.5, 0.6) is 0 Å². The van der Waals surface area contributed by atoms with Crippen molar-refractivity contribution < 1.29 is 40.3 Å². The Morgan fingerprint density at radius 2 is 1.41 bits per heavy atom. The van der Waals surface area contributed by atoms with E-state index in [0.717, 1.165) is 30.3 Å². The van der Waals surface area contributed by atoms with Crippen molar-refractivity contribution in [2.75, 3.05) is 5.32 Å². The number of hydrogen-bond acceptors (Lipinski definition) is 2. The SMILES string of the molecule is NC(=O)C1(c2ccc(Cl)c(C(=O)Nc3ccc(F)cc3F)c2)C(c2c(F)c(F)c(F)c(F)c2F)C1(Cl)Cl. The molecule has 0 radical (unpaired) electrons. The molecule has 3 aromatic rings. The predicted octanol–water partition coefficient (Wildman–Crippen LogP) is 6.26. The highest BCUT2D eigenvalue weighted by atomic mass is 35.5. The van der Waals surface area contributed by atoms with E-state index in [9.17, 15) is 40.3 Å². The van der Waals surface area contributed by atoms with Crippen LogP contribution in [0, 0.1) is 40.7 Å². The number of hydrogen-bond donors (Lipinski definition) is 2. The van der Waals surface area contributed by atoms with Crippen molar-refractivity contribution in [2.45, 2.75) is 15.7 Å². The molecule has 0 bridgehead atoms. The van der Waals surface area contributed by atoms with Gasteiger partial charge in [0.15, 0.2) is 23.3 Å². The van der Waals surface area contributed by atoms with Crippen LogP contribution in [0.2, 0.25) is 5.02 Å². The van der Waals surface area contributed by atoms with Gasteiger partial charge in [0.25, 0.3) is 5.91 Å². The molecule has 0 spiro atoms. The van der Waals surface area contributed by atoms with Gasteiger partial charge in [-0.1, -0.05) is 40.9 Å². The van der Waals surface area contributed by atoms with Gasteiger partial charge in [0.2, 0.25) is 11.7 Å². The third kappa shape index (κ3) is 3.91. The molecule has 3 aromatic carbocycles. The van der Waals surface area contributed by atoms with Crippen molar-refractivity contribution in [2.24, 2.45) is 5.73 Å². The first kappa shape index (κ1) is 27.0. The molecule has 0 aliphatic heterocycles. The lowest BCUT2D eigenvalue weighted by Crippen LogP contribution is -2.34. The topological polar surface area (TPSA) is 72.2 Å². The van der Waals surface area contributed by atoms with Crippen molar-refractivity contribution in [3.05, 3.63) is 98.8 Å². The normalized spacial score (nSPS) is 20.0. The summed E-state index contributed by atoms with van der Waals surface area (Å²) in [5.74, 6) is -18.3. The number of benzene rings is 3. The van der Waals surface area contributed by atoms with Crippen LogP contribution in [-0.2, 0) is 10.2 Å². The van der Waals surface area contributed by atoms with Crippen LogP contribution >= 0.6 is 34.8 Å². The van der Waals surface area contributed by atoms with Gasteiger partial charge in [-0.05, 0) is 29.8 Å². The zero-order chi connectivity index (χ0) is 27.6. The molecule has 14 heteroatoms. The molecule has 2 amide bonds. The van der Waals surface area contributed by atoms with E-state index in [0.29, 0.717) is 6.07 Å². The number of carbonyl (C=O) groups is 2. The van der Waals surface area contributed by atoms with Gasteiger partial charge in [-0.25, -0.2) is 30.7 Å². The number of nitrogens with one attached hydrogen (secondary N) is 1. The molecule has 4 rings (SSSR count). The number of rotatable bonds is 5. The van der Waals surface area contributed by atoms with Gasteiger partial charge in [-0.2, -0.15) is 0 Å². The standard InChI is InChI=1S/C23H10Cl3F7N2O2/c24-10-3-1-7(5-9(10)20(36)35-12-4-2-8(27)6-11(12)28)22(21(34)37)19(23(22,25)26)13-14(29)16(31)18(33)17(32)15(13)30/h1-6,19H,(H2,34,37)(H,35,36). The van der Waals surface area contributed by atoms with Crippen molar-refractivity contribution in [3.8, 4) is 0 Å². The second-order valence-corrected chi connectivity index (χ2v) is 9.78. The van der Waals surface area contributed by atoms with Gasteiger partial charge in [0.1, 0.15) is 21.4 Å². The molecule has 0 aromatic heterocycles. The van der Waals surface area contributed by atoms with E-state index >= 15 is 0 Å². The average Bonchev–Trinajstić information content (AvgIpc) is 3.35. The van der Waals surface area contributed by atoms with Gasteiger partial charge in [-0.15, -0.1) is 0 Å². The Labute approximate surface area is 218 Å². The summed E-state index contributed by atoms with van der Waals surface area (Å²) in [6, 6.07) is 5.23. The van der Waals surface area contributed by atoms with Crippen LogP contribution < -0.4 is 11.1 Å². The number of anilines is 1. The minimum Gasteiger partial charge on any atom is -0.369 e. The molecule has 1 saturated carbocycles. The quantitative estimate of drug-likeness (QED) is 0.161. The summed E-state index contributed by atoms with van der Waals surface area (Å²) >= 11 is 18.4. The van der Waals surface area contributed by atoms with E-state index in [1.54, 1.807) is 0 Å². The highest BCUT2D eigenvalue weighted by Crippen LogP contribution is 2.75. The second kappa shape index (κ2) is 9.07. The first-order chi connectivity index (χ1) is 17.2. The van der Waals surface area contributed by atoms with Crippen LogP contribution in [0.15, 0.2) is 36.4 Å². The summed E-state index contributed by atoms with van der Waals surface area (Å²) in [5, 5.41) is 1.85. The summed E-state index contributed by atoms with van der Waals surface area (Å²) < 4.78 is 95.2. The third-order valence-corrected chi connectivity index (χ3v) is 7.37. The molecule has 1 aliphatic rings. The summed E-state index contributed by atoms with van der Waals surface area (Å²) in [6.45, 7) is 0. The number of halogens is 10.